The largest absolute Gasteiger partial charge is 0.397 e. The number of nitrogens with two attached hydrogens (primary N) is 1. The van der Waals surface area contributed by atoms with Gasteiger partial charge in [0, 0.05) is 40.7 Å². The third-order valence-electron chi connectivity index (χ3n) is 4.98. The molecule has 2 aromatic heterocycles. The molecule has 1 atom stereocenters. The Balaban J connectivity index is 1.88. The van der Waals surface area contributed by atoms with E-state index in [1.54, 1.807) is 18.5 Å². The van der Waals surface area contributed by atoms with Gasteiger partial charge in [-0.25, -0.2) is 4.39 Å². The third kappa shape index (κ3) is 3.23. The lowest BCUT2D eigenvalue weighted by Crippen LogP contribution is -2.21. The molecule has 1 aliphatic heterocycles. The molecule has 0 saturated carbocycles. The predicted octanol–water partition coefficient (Wildman–Crippen LogP) is 4.52. The number of nitrogens with zero attached hydrogens (tertiary/aromatic N) is 1. The number of benzene rings is 1. The molecule has 146 valence electrons. The molecule has 1 aromatic carbocycles. The average molecular weight is 407 g/mol. The summed E-state index contributed by atoms with van der Waals surface area (Å²) in [6.45, 7) is 3.35. The van der Waals surface area contributed by atoms with E-state index in [1.807, 2.05) is 13.0 Å². The lowest BCUT2D eigenvalue weighted by atomic mass is 9.81. The quantitative estimate of drug-likeness (QED) is 0.622. The van der Waals surface area contributed by atoms with Crippen LogP contribution < -0.4 is 11.1 Å². The van der Waals surface area contributed by atoms with Crippen molar-refractivity contribution in [3.8, 4) is 0 Å². The average Bonchev–Trinajstić information content (AvgIpc) is 3.03. The van der Waals surface area contributed by atoms with Gasteiger partial charge in [0.2, 0.25) is 5.78 Å². The van der Waals surface area contributed by atoms with Crippen LogP contribution in [0.5, 0.6) is 0 Å². The van der Waals surface area contributed by atoms with Crippen LogP contribution in [-0.2, 0) is 4.79 Å². The van der Waals surface area contributed by atoms with E-state index in [-0.39, 0.29) is 11.6 Å². The van der Waals surface area contributed by atoms with Crippen molar-refractivity contribution in [1.82, 2.24) is 4.98 Å². The number of anilines is 2. The maximum Gasteiger partial charge on any atom is 0.205 e. The van der Waals surface area contributed by atoms with E-state index in [0.717, 1.165) is 16.3 Å². The number of thiophene rings is 1. The van der Waals surface area contributed by atoms with Crippen molar-refractivity contribution in [2.45, 2.75) is 19.8 Å². The van der Waals surface area contributed by atoms with E-state index in [4.69, 9.17) is 5.73 Å². The van der Waals surface area contributed by atoms with Crippen molar-refractivity contribution in [2.75, 3.05) is 11.1 Å². The summed E-state index contributed by atoms with van der Waals surface area (Å²) in [5.41, 5.74) is 9.97. The highest BCUT2D eigenvalue weighted by molar-refractivity contribution is 7.19. The van der Waals surface area contributed by atoms with Crippen molar-refractivity contribution < 1.29 is 14.0 Å². The SMILES string of the molecule is CC(=O)C1=C(C)Nc2sc(C(=O)c3ccc(F)cc3)c(N)c2[C@H]1c1cccnc1. The minimum atomic E-state index is -0.413. The maximum absolute atomic E-state index is 13.2. The van der Waals surface area contributed by atoms with Crippen LogP contribution in [0.4, 0.5) is 15.1 Å². The Kier molecular flexibility index (Phi) is 4.76. The Hall–Kier alpha value is -3.32. The Labute approximate surface area is 171 Å². The number of ketones is 2. The van der Waals surface area contributed by atoms with E-state index in [2.05, 4.69) is 10.3 Å². The Bertz CT molecular complexity index is 1150. The number of hydrogen-bond acceptors (Lipinski definition) is 6. The maximum atomic E-state index is 13.2. The molecular weight excluding hydrogens is 389 g/mol. The van der Waals surface area contributed by atoms with Crippen LogP contribution in [0.2, 0.25) is 0 Å². The molecule has 0 saturated heterocycles. The highest BCUT2D eigenvalue weighted by Gasteiger charge is 2.36. The monoisotopic (exact) mass is 407 g/mol. The number of nitrogen functional groups attached to an aromatic ring is 1. The number of carbonyl (C=O) groups excluding carboxylic acids is 2. The Morgan fingerprint density at radius 1 is 1.21 bits per heavy atom. The van der Waals surface area contributed by atoms with Crippen LogP contribution in [-0.4, -0.2) is 16.6 Å². The summed E-state index contributed by atoms with van der Waals surface area (Å²) in [5, 5.41) is 3.96. The number of nitrogens with one attached hydrogen (secondary N) is 1. The van der Waals surface area contributed by atoms with E-state index >= 15 is 0 Å². The molecule has 29 heavy (non-hydrogen) atoms. The molecule has 0 bridgehead atoms. The van der Waals surface area contributed by atoms with Crippen LogP contribution in [0.25, 0.3) is 0 Å². The van der Waals surface area contributed by atoms with Crippen molar-refractivity contribution in [2.24, 2.45) is 0 Å². The van der Waals surface area contributed by atoms with Gasteiger partial charge >= 0.3 is 0 Å². The van der Waals surface area contributed by atoms with Gasteiger partial charge in [0.1, 0.15) is 10.7 Å². The minimum Gasteiger partial charge on any atom is -0.397 e. The number of carbonyl (C=O) groups is 2. The van der Waals surface area contributed by atoms with Crippen LogP contribution in [0, 0.1) is 5.82 Å². The van der Waals surface area contributed by atoms with Crippen LogP contribution in [0.15, 0.2) is 60.1 Å². The molecule has 5 nitrogen and oxygen atoms in total. The van der Waals surface area contributed by atoms with E-state index in [1.165, 1.54) is 42.5 Å². The third-order valence-corrected chi connectivity index (χ3v) is 6.11. The topological polar surface area (TPSA) is 85.1 Å². The van der Waals surface area contributed by atoms with Crippen LogP contribution >= 0.6 is 11.3 Å². The van der Waals surface area contributed by atoms with Crippen LogP contribution in [0.3, 0.4) is 0 Å². The van der Waals surface area contributed by atoms with Gasteiger partial charge in [0.05, 0.1) is 10.7 Å². The number of rotatable bonds is 4. The highest BCUT2D eigenvalue weighted by Crippen LogP contribution is 2.50. The second kappa shape index (κ2) is 7.25. The van der Waals surface area contributed by atoms with Gasteiger partial charge in [0.25, 0.3) is 0 Å². The number of pyridine rings is 1. The molecule has 3 heterocycles. The highest BCUT2D eigenvalue weighted by atomic mass is 32.1. The number of halogens is 1. The zero-order valence-corrected chi connectivity index (χ0v) is 16.6. The Morgan fingerprint density at radius 2 is 1.93 bits per heavy atom. The molecule has 1 aliphatic rings. The van der Waals surface area contributed by atoms with Crippen LogP contribution in [0.1, 0.15) is 46.1 Å². The molecule has 4 rings (SSSR count). The molecule has 7 heteroatoms. The number of hydrogen-bond donors (Lipinski definition) is 2. The summed E-state index contributed by atoms with van der Waals surface area (Å²) in [7, 11) is 0. The van der Waals surface area contributed by atoms with Gasteiger partial charge in [-0.1, -0.05) is 6.07 Å². The first-order valence-electron chi connectivity index (χ1n) is 8.99. The smallest absolute Gasteiger partial charge is 0.205 e. The summed E-state index contributed by atoms with van der Waals surface area (Å²) in [5.74, 6) is -1.19. The summed E-state index contributed by atoms with van der Waals surface area (Å²) in [6.07, 6.45) is 3.37. The molecular formula is C22H18FN3O2S. The van der Waals surface area contributed by atoms with Gasteiger partial charge in [-0.3, -0.25) is 14.6 Å². The van der Waals surface area contributed by atoms with E-state index in [9.17, 15) is 14.0 Å². The molecule has 3 N–H and O–H groups in total. The molecule has 0 radical (unpaired) electrons. The van der Waals surface area contributed by atoms with Crippen molar-refractivity contribution >= 4 is 33.6 Å². The fraction of sp³-hybridized carbons (Fsp3) is 0.136. The molecule has 0 amide bonds. The molecule has 0 spiro atoms. The zero-order valence-electron chi connectivity index (χ0n) is 15.8. The zero-order chi connectivity index (χ0) is 20.7. The second-order valence-corrected chi connectivity index (χ2v) is 7.88. The van der Waals surface area contributed by atoms with Gasteiger partial charge in [0.15, 0.2) is 5.78 Å². The van der Waals surface area contributed by atoms with Gasteiger partial charge in [-0.15, -0.1) is 11.3 Å². The number of allylic oxidation sites excluding steroid dienone is 2. The van der Waals surface area contributed by atoms with Crippen molar-refractivity contribution in [3.05, 3.63) is 87.4 Å². The van der Waals surface area contributed by atoms with E-state index < -0.39 is 11.7 Å². The van der Waals surface area contributed by atoms with Gasteiger partial charge < -0.3 is 11.1 Å². The predicted molar refractivity (Wildman–Crippen MR) is 112 cm³/mol. The molecule has 3 aromatic rings. The van der Waals surface area contributed by atoms with Gasteiger partial charge in [-0.2, -0.15) is 0 Å². The van der Waals surface area contributed by atoms with Crippen molar-refractivity contribution in [3.63, 3.8) is 0 Å². The fourth-order valence-electron chi connectivity index (χ4n) is 3.68. The number of fused-ring (bicyclic) bond motifs is 1. The first-order valence-corrected chi connectivity index (χ1v) is 9.81. The van der Waals surface area contributed by atoms with Crippen molar-refractivity contribution in [1.29, 1.82) is 0 Å². The molecule has 0 unspecified atom stereocenters. The Morgan fingerprint density at radius 3 is 2.55 bits per heavy atom. The normalized spacial score (nSPS) is 15.6. The first-order chi connectivity index (χ1) is 13.9. The summed E-state index contributed by atoms with van der Waals surface area (Å²) in [6, 6.07) is 9.05. The number of aromatic nitrogens is 1. The number of Topliss-reactive ketones (excluding diaryl/α,β-unsaturated/α-hetero) is 1. The lowest BCUT2D eigenvalue weighted by Gasteiger charge is -2.28. The molecule has 0 aliphatic carbocycles. The van der Waals surface area contributed by atoms with E-state index in [0.29, 0.717) is 27.3 Å². The van der Waals surface area contributed by atoms with Gasteiger partial charge in [-0.05, 0) is 49.7 Å². The molecule has 0 fully saturated rings. The first kappa shape index (κ1) is 19.0. The standard InChI is InChI=1S/C22H18FN3O2S/c1-11-16(12(2)27)17(14-4-3-9-25-10-14)18-19(24)21(29-22(18)26-11)20(28)13-5-7-15(23)8-6-13/h3-10,17,26H,24H2,1-2H3/t17-/m0/s1. The minimum absolute atomic E-state index is 0.0773. The summed E-state index contributed by atoms with van der Waals surface area (Å²) in [4.78, 5) is 30.0. The second-order valence-electron chi connectivity index (χ2n) is 6.86. The lowest BCUT2D eigenvalue weighted by molar-refractivity contribution is -0.113. The summed E-state index contributed by atoms with van der Waals surface area (Å²) < 4.78 is 13.2. The summed E-state index contributed by atoms with van der Waals surface area (Å²) >= 11 is 1.24. The fourth-order valence-corrected chi connectivity index (χ4v) is 4.86.